The highest BCUT2D eigenvalue weighted by Crippen LogP contribution is 2.29. The maximum absolute atomic E-state index is 11.8. The molecule has 0 amide bonds. The molecule has 1 N–H and O–H groups in total. The lowest BCUT2D eigenvalue weighted by Crippen LogP contribution is -2.53. The summed E-state index contributed by atoms with van der Waals surface area (Å²) in [5.41, 5.74) is 0. The van der Waals surface area contributed by atoms with Gasteiger partial charge in [-0.2, -0.15) is 0 Å². The van der Waals surface area contributed by atoms with Crippen LogP contribution in [0.25, 0.3) is 0 Å². The number of carboxylic acid groups (broad SMARTS) is 1. The Morgan fingerprint density at radius 3 is 2.40 bits per heavy atom. The van der Waals surface area contributed by atoms with E-state index >= 15 is 0 Å². The molecule has 1 aliphatic heterocycles. The van der Waals surface area contributed by atoms with Crippen LogP contribution in [0.5, 0.6) is 0 Å². The van der Waals surface area contributed by atoms with Gasteiger partial charge in [0, 0.05) is 45.0 Å². The van der Waals surface area contributed by atoms with E-state index in [9.17, 15) is 13.2 Å². The molecule has 116 valence electrons. The first kappa shape index (κ1) is 15.7. The zero-order chi connectivity index (χ0) is 14.8. The van der Waals surface area contributed by atoms with Gasteiger partial charge in [0.1, 0.15) is 0 Å². The first-order chi connectivity index (χ1) is 9.38. The van der Waals surface area contributed by atoms with Crippen molar-refractivity contribution < 1.29 is 18.3 Å². The van der Waals surface area contributed by atoms with Crippen molar-refractivity contribution in [2.45, 2.75) is 37.0 Å². The van der Waals surface area contributed by atoms with Gasteiger partial charge in [-0.15, -0.1) is 0 Å². The van der Waals surface area contributed by atoms with Crippen molar-refractivity contribution in [3.05, 3.63) is 0 Å². The van der Waals surface area contributed by atoms with Crippen LogP contribution in [0.4, 0.5) is 0 Å². The molecule has 0 aromatic rings. The lowest BCUT2D eigenvalue weighted by atomic mass is 10.1. The van der Waals surface area contributed by atoms with Crippen molar-refractivity contribution in [3.8, 4) is 0 Å². The van der Waals surface area contributed by atoms with Crippen LogP contribution in [0.2, 0.25) is 0 Å². The second-order valence-electron chi connectivity index (χ2n) is 5.89. The van der Waals surface area contributed by atoms with Crippen LogP contribution in [0.3, 0.4) is 0 Å². The average molecular weight is 304 g/mol. The molecule has 0 aromatic heterocycles. The van der Waals surface area contributed by atoms with Gasteiger partial charge in [0.05, 0.1) is 11.7 Å². The van der Waals surface area contributed by atoms with Crippen molar-refractivity contribution >= 4 is 15.8 Å². The smallest absolute Gasteiger partial charge is 0.304 e. The van der Waals surface area contributed by atoms with E-state index < -0.39 is 15.8 Å². The molecule has 0 spiro atoms. The Hall–Kier alpha value is -0.660. The summed E-state index contributed by atoms with van der Waals surface area (Å²) in [6.07, 6.45) is 4.26. The number of sulfone groups is 1. The molecule has 0 radical (unpaired) electrons. The SMILES string of the molecule is CS(=O)(=O)C1CCCC1N1CCN(CCC(=O)O)CC1. The molecule has 2 rings (SSSR count). The summed E-state index contributed by atoms with van der Waals surface area (Å²) in [7, 11) is -2.97. The lowest BCUT2D eigenvalue weighted by molar-refractivity contribution is -0.137. The number of hydrogen-bond acceptors (Lipinski definition) is 5. The van der Waals surface area contributed by atoms with Crippen molar-refractivity contribution in [1.82, 2.24) is 9.80 Å². The summed E-state index contributed by atoms with van der Waals surface area (Å²) < 4.78 is 23.7. The normalized spacial score (nSPS) is 29.6. The van der Waals surface area contributed by atoms with Gasteiger partial charge >= 0.3 is 5.97 Å². The number of rotatable bonds is 5. The van der Waals surface area contributed by atoms with Crippen LogP contribution >= 0.6 is 0 Å². The number of carboxylic acids is 1. The summed E-state index contributed by atoms with van der Waals surface area (Å²) >= 11 is 0. The van der Waals surface area contributed by atoms with E-state index in [-0.39, 0.29) is 17.7 Å². The molecule has 2 fully saturated rings. The predicted octanol–water partition coefficient (Wildman–Crippen LogP) is 0.0444. The van der Waals surface area contributed by atoms with Crippen LogP contribution in [-0.4, -0.2) is 79.6 Å². The van der Waals surface area contributed by atoms with Crippen molar-refractivity contribution in [3.63, 3.8) is 0 Å². The van der Waals surface area contributed by atoms with Crippen LogP contribution in [0, 0.1) is 0 Å². The average Bonchev–Trinajstić information content (AvgIpc) is 2.86. The van der Waals surface area contributed by atoms with Crippen molar-refractivity contribution in [1.29, 1.82) is 0 Å². The molecule has 2 aliphatic rings. The van der Waals surface area contributed by atoms with E-state index in [0.29, 0.717) is 6.54 Å². The van der Waals surface area contributed by atoms with Gasteiger partial charge in [-0.1, -0.05) is 6.42 Å². The van der Waals surface area contributed by atoms with Gasteiger partial charge in [0.2, 0.25) is 0 Å². The van der Waals surface area contributed by atoms with Crippen LogP contribution < -0.4 is 0 Å². The Balaban J connectivity index is 1.86. The third-order valence-corrected chi connectivity index (χ3v) is 6.14. The number of piperazine rings is 1. The number of carbonyl (C=O) groups is 1. The maximum atomic E-state index is 11.8. The molecular formula is C13H24N2O4S. The maximum Gasteiger partial charge on any atom is 0.304 e. The summed E-state index contributed by atoms with van der Waals surface area (Å²) in [6.45, 7) is 3.94. The monoisotopic (exact) mass is 304 g/mol. The summed E-state index contributed by atoms with van der Waals surface area (Å²) in [5, 5.41) is 8.47. The van der Waals surface area contributed by atoms with E-state index in [2.05, 4.69) is 9.80 Å². The highest BCUT2D eigenvalue weighted by Gasteiger charge is 2.39. The Morgan fingerprint density at radius 1 is 1.20 bits per heavy atom. The van der Waals surface area contributed by atoms with Gasteiger partial charge in [0.15, 0.2) is 9.84 Å². The minimum absolute atomic E-state index is 0.159. The molecule has 1 heterocycles. The third kappa shape index (κ3) is 3.93. The number of nitrogens with zero attached hydrogens (tertiary/aromatic N) is 2. The summed E-state index contributed by atoms with van der Waals surface area (Å²) in [5.74, 6) is -0.764. The molecule has 20 heavy (non-hydrogen) atoms. The van der Waals surface area contributed by atoms with Crippen LogP contribution in [-0.2, 0) is 14.6 Å². The second kappa shape index (κ2) is 6.41. The molecule has 1 aliphatic carbocycles. The number of hydrogen-bond donors (Lipinski definition) is 1. The summed E-state index contributed by atoms with van der Waals surface area (Å²) in [4.78, 5) is 15.0. The van der Waals surface area contributed by atoms with Crippen LogP contribution in [0.15, 0.2) is 0 Å². The van der Waals surface area contributed by atoms with Gasteiger partial charge < -0.3 is 10.0 Å². The molecule has 1 saturated heterocycles. The molecule has 2 atom stereocenters. The lowest BCUT2D eigenvalue weighted by Gasteiger charge is -2.39. The van der Waals surface area contributed by atoms with Gasteiger partial charge in [-0.25, -0.2) is 8.42 Å². The van der Waals surface area contributed by atoms with E-state index in [1.165, 1.54) is 6.26 Å². The van der Waals surface area contributed by atoms with E-state index in [0.717, 1.165) is 45.4 Å². The standard InChI is InChI=1S/C13H24N2O4S/c1-20(18,19)12-4-2-3-11(12)15-9-7-14(8-10-15)6-5-13(16)17/h11-12H,2-10H2,1H3,(H,16,17). The third-order valence-electron chi connectivity index (χ3n) is 4.49. The molecular weight excluding hydrogens is 280 g/mol. The fourth-order valence-corrected chi connectivity index (χ4v) is 4.87. The molecule has 0 bridgehead atoms. The Labute approximate surface area is 120 Å². The Morgan fingerprint density at radius 2 is 1.85 bits per heavy atom. The minimum Gasteiger partial charge on any atom is -0.481 e. The fourth-order valence-electron chi connectivity index (χ4n) is 3.40. The highest BCUT2D eigenvalue weighted by molar-refractivity contribution is 7.91. The van der Waals surface area contributed by atoms with E-state index in [4.69, 9.17) is 5.11 Å². The fraction of sp³-hybridized carbons (Fsp3) is 0.923. The second-order valence-corrected chi connectivity index (χ2v) is 8.15. The van der Waals surface area contributed by atoms with Crippen molar-refractivity contribution in [2.75, 3.05) is 39.0 Å². The number of aliphatic carboxylic acids is 1. The largest absolute Gasteiger partial charge is 0.481 e. The molecule has 7 heteroatoms. The Kier molecular flexibility index (Phi) is 5.04. The zero-order valence-electron chi connectivity index (χ0n) is 12.0. The van der Waals surface area contributed by atoms with Gasteiger partial charge in [-0.05, 0) is 12.8 Å². The quantitative estimate of drug-likeness (QED) is 0.773. The predicted molar refractivity (Wildman–Crippen MR) is 76.5 cm³/mol. The minimum atomic E-state index is -2.97. The molecule has 2 unspecified atom stereocenters. The topological polar surface area (TPSA) is 77.9 Å². The Bertz CT molecular complexity index is 443. The summed E-state index contributed by atoms with van der Waals surface area (Å²) in [6, 6.07) is 0.159. The molecule has 6 nitrogen and oxygen atoms in total. The zero-order valence-corrected chi connectivity index (χ0v) is 12.8. The van der Waals surface area contributed by atoms with Crippen molar-refractivity contribution in [2.24, 2.45) is 0 Å². The molecule has 1 saturated carbocycles. The van der Waals surface area contributed by atoms with Gasteiger partial charge in [-0.3, -0.25) is 9.69 Å². The molecule has 0 aromatic carbocycles. The first-order valence-corrected chi connectivity index (χ1v) is 9.20. The van der Waals surface area contributed by atoms with Crippen LogP contribution in [0.1, 0.15) is 25.7 Å². The van der Waals surface area contributed by atoms with E-state index in [1.807, 2.05) is 0 Å². The first-order valence-electron chi connectivity index (χ1n) is 7.25. The van der Waals surface area contributed by atoms with Gasteiger partial charge in [0.25, 0.3) is 0 Å². The highest BCUT2D eigenvalue weighted by atomic mass is 32.2. The van der Waals surface area contributed by atoms with E-state index in [1.54, 1.807) is 0 Å².